The first kappa shape index (κ1) is 10.7. The van der Waals surface area contributed by atoms with Crippen molar-refractivity contribution in [2.24, 2.45) is 5.41 Å². The SMILES string of the molecule is COC1N(C(=O)O)CCC12CCCCC2. The molecule has 2 fully saturated rings. The Bertz CT molecular complexity index is 248. The van der Waals surface area contributed by atoms with Crippen molar-refractivity contribution in [1.29, 1.82) is 0 Å². The summed E-state index contributed by atoms with van der Waals surface area (Å²) in [6.07, 6.45) is 5.87. The van der Waals surface area contributed by atoms with Crippen LogP contribution >= 0.6 is 0 Å². The Morgan fingerprint density at radius 2 is 2.00 bits per heavy atom. The van der Waals surface area contributed by atoms with E-state index in [9.17, 15) is 4.79 Å². The molecule has 0 aromatic rings. The summed E-state index contributed by atoms with van der Waals surface area (Å²) in [5.41, 5.74) is 0.116. The van der Waals surface area contributed by atoms with Crippen LogP contribution in [0.3, 0.4) is 0 Å². The van der Waals surface area contributed by atoms with Gasteiger partial charge in [0.25, 0.3) is 0 Å². The molecule has 1 spiro atoms. The molecule has 1 aliphatic carbocycles. The van der Waals surface area contributed by atoms with Crippen molar-refractivity contribution >= 4 is 6.09 Å². The van der Waals surface area contributed by atoms with Crippen LogP contribution in [0.25, 0.3) is 0 Å². The Morgan fingerprint density at radius 1 is 1.33 bits per heavy atom. The molecule has 1 saturated heterocycles. The first-order valence-electron chi connectivity index (χ1n) is 5.72. The summed E-state index contributed by atoms with van der Waals surface area (Å²) < 4.78 is 5.42. The molecule has 86 valence electrons. The molecule has 1 atom stereocenters. The lowest BCUT2D eigenvalue weighted by Crippen LogP contribution is -2.44. The number of hydrogen-bond acceptors (Lipinski definition) is 2. The molecular weight excluding hydrogens is 194 g/mol. The highest BCUT2D eigenvalue weighted by atomic mass is 16.5. The Balaban J connectivity index is 2.15. The van der Waals surface area contributed by atoms with Gasteiger partial charge in [-0.25, -0.2) is 4.79 Å². The molecule has 15 heavy (non-hydrogen) atoms. The zero-order valence-electron chi connectivity index (χ0n) is 9.24. The molecule has 0 radical (unpaired) electrons. The lowest BCUT2D eigenvalue weighted by molar-refractivity contribution is -0.0754. The van der Waals surface area contributed by atoms with E-state index in [0.717, 1.165) is 19.3 Å². The minimum atomic E-state index is -0.843. The monoisotopic (exact) mass is 213 g/mol. The second-order valence-electron chi connectivity index (χ2n) is 4.74. The number of hydrogen-bond donors (Lipinski definition) is 1. The molecule has 1 N–H and O–H groups in total. The fourth-order valence-corrected chi connectivity index (χ4v) is 3.24. The highest BCUT2D eigenvalue weighted by molar-refractivity contribution is 5.65. The van der Waals surface area contributed by atoms with Crippen LogP contribution in [-0.2, 0) is 4.74 Å². The van der Waals surface area contributed by atoms with E-state index in [2.05, 4.69) is 0 Å². The maximum Gasteiger partial charge on any atom is 0.409 e. The summed E-state index contributed by atoms with van der Waals surface area (Å²) in [6, 6.07) is 0. The topological polar surface area (TPSA) is 49.8 Å². The Kier molecular flexibility index (Phi) is 2.87. The van der Waals surface area contributed by atoms with E-state index in [1.165, 1.54) is 24.2 Å². The van der Waals surface area contributed by atoms with Gasteiger partial charge in [-0.1, -0.05) is 19.3 Å². The summed E-state index contributed by atoms with van der Waals surface area (Å²) in [5, 5.41) is 9.07. The Morgan fingerprint density at radius 3 is 2.53 bits per heavy atom. The highest BCUT2D eigenvalue weighted by Gasteiger charge is 2.49. The molecule has 1 heterocycles. The zero-order valence-corrected chi connectivity index (χ0v) is 9.24. The Hall–Kier alpha value is -0.770. The standard InChI is InChI=1S/C11H19NO3/c1-15-9-11(5-3-2-4-6-11)7-8-12(9)10(13)14/h9H,2-8H2,1H3,(H,13,14). The van der Waals surface area contributed by atoms with Gasteiger partial charge in [0.1, 0.15) is 6.23 Å². The summed E-state index contributed by atoms with van der Waals surface area (Å²) in [5.74, 6) is 0. The van der Waals surface area contributed by atoms with E-state index in [1.807, 2.05) is 0 Å². The smallest absolute Gasteiger partial charge is 0.409 e. The summed E-state index contributed by atoms with van der Waals surface area (Å²) in [6.45, 7) is 0.633. The van der Waals surface area contributed by atoms with Crippen LogP contribution in [0, 0.1) is 5.41 Å². The fraction of sp³-hybridized carbons (Fsp3) is 0.909. The maximum absolute atomic E-state index is 11.0. The van der Waals surface area contributed by atoms with Crippen molar-refractivity contribution in [3.05, 3.63) is 0 Å². The number of rotatable bonds is 1. The average Bonchev–Trinajstić information content (AvgIpc) is 2.58. The van der Waals surface area contributed by atoms with Crippen molar-refractivity contribution in [1.82, 2.24) is 4.90 Å². The molecule has 4 nitrogen and oxygen atoms in total. The van der Waals surface area contributed by atoms with Crippen molar-refractivity contribution in [2.45, 2.75) is 44.8 Å². The van der Waals surface area contributed by atoms with Crippen LogP contribution in [-0.4, -0.2) is 36.0 Å². The first-order valence-corrected chi connectivity index (χ1v) is 5.72. The number of methoxy groups -OCH3 is 1. The van der Waals surface area contributed by atoms with Crippen LogP contribution in [0.5, 0.6) is 0 Å². The molecule has 1 unspecified atom stereocenters. The van der Waals surface area contributed by atoms with Gasteiger partial charge in [-0.05, 0) is 19.3 Å². The summed E-state index contributed by atoms with van der Waals surface area (Å²) >= 11 is 0. The van der Waals surface area contributed by atoms with E-state index in [0.29, 0.717) is 6.54 Å². The van der Waals surface area contributed by atoms with Crippen molar-refractivity contribution < 1.29 is 14.6 Å². The number of carbonyl (C=O) groups is 1. The number of nitrogens with zero attached hydrogens (tertiary/aromatic N) is 1. The van der Waals surface area contributed by atoms with E-state index in [4.69, 9.17) is 9.84 Å². The van der Waals surface area contributed by atoms with E-state index >= 15 is 0 Å². The first-order chi connectivity index (χ1) is 7.19. The molecule has 1 saturated carbocycles. The van der Waals surface area contributed by atoms with Gasteiger partial charge in [-0.15, -0.1) is 0 Å². The predicted octanol–water partition coefficient (Wildman–Crippen LogP) is 2.29. The second-order valence-corrected chi connectivity index (χ2v) is 4.74. The van der Waals surface area contributed by atoms with E-state index in [1.54, 1.807) is 7.11 Å². The molecule has 1 aliphatic heterocycles. The van der Waals surface area contributed by atoms with Crippen molar-refractivity contribution in [3.63, 3.8) is 0 Å². The largest absolute Gasteiger partial charge is 0.465 e. The van der Waals surface area contributed by atoms with E-state index < -0.39 is 6.09 Å². The minimum Gasteiger partial charge on any atom is -0.465 e. The molecular formula is C11H19NO3. The summed E-state index contributed by atoms with van der Waals surface area (Å²) in [4.78, 5) is 12.5. The van der Waals surface area contributed by atoms with E-state index in [-0.39, 0.29) is 11.6 Å². The number of ether oxygens (including phenoxy) is 1. The van der Waals surface area contributed by atoms with Gasteiger partial charge in [0.05, 0.1) is 0 Å². The third-order valence-electron chi connectivity index (χ3n) is 3.98. The van der Waals surface area contributed by atoms with Crippen LogP contribution in [0.1, 0.15) is 38.5 Å². The van der Waals surface area contributed by atoms with Gasteiger partial charge >= 0.3 is 6.09 Å². The van der Waals surface area contributed by atoms with Crippen LogP contribution in [0.2, 0.25) is 0 Å². The van der Waals surface area contributed by atoms with Gasteiger partial charge in [-0.2, -0.15) is 0 Å². The molecule has 2 rings (SSSR count). The third-order valence-corrected chi connectivity index (χ3v) is 3.98. The van der Waals surface area contributed by atoms with Crippen LogP contribution < -0.4 is 0 Å². The molecule has 2 aliphatic rings. The maximum atomic E-state index is 11.0. The quantitative estimate of drug-likeness (QED) is 0.727. The van der Waals surface area contributed by atoms with Gasteiger partial charge in [0.15, 0.2) is 0 Å². The zero-order chi connectivity index (χ0) is 10.9. The van der Waals surface area contributed by atoms with Gasteiger partial charge in [0, 0.05) is 19.1 Å². The summed E-state index contributed by atoms with van der Waals surface area (Å²) in [7, 11) is 1.63. The number of carboxylic acid groups (broad SMARTS) is 1. The lowest BCUT2D eigenvalue weighted by Gasteiger charge is -2.39. The Labute approximate surface area is 90.2 Å². The second kappa shape index (κ2) is 4.00. The lowest BCUT2D eigenvalue weighted by atomic mass is 9.72. The predicted molar refractivity (Wildman–Crippen MR) is 55.7 cm³/mol. The minimum absolute atomic E-state index is 0.116. The fourth-order valence-electron chi connectivity index (χ4n) is 3.24. The van der Waals surface area contributed by atoms with Gasteiger partial charge in [-0.3, -0.25) is 4.90 Å². The molecule has 1 amide bonds. The molecule has 4 heteroatoms. The van der Waals surface area contributed by atoms with Crippen LogP contribution in [0.15, 0.2) is 0 Å². The van der Waals surface area contributed by atoms with Crippen molar-refractivity contribution in [3.8, 4) is 0 Å². The molecule has 0 bridgehead atoms. The van der Waals surface area contributed by atoms with Gasteiger partial charge in [0.2, 0.25) is 0 Å². The van der Waals surface area contributed by atoms with Crippen molar-refractivity contribution in [2.75, 3.05) is 13.7 Å². The number of amides is 1. The highest BCUT2D eigenvalue weighted by Crippen LogP contribution is 2.48. The number of likely N-dealkylation sites (tertiary alicyclic amines) is 1. The molecule has 0 aromatic heterocycles. The average molecular weight is 213 g/mol. The normalized spacial score (nSPS) is 29.7. The van der Waals surface area contributed by atoms with Crippen LogP contribution in [0.4, 0.5) is 4.79 Å². The molecule has 0 aromatic carbocycles. The third kappa shape index (κ3) is 1.71. The van der Waals surface area contributed by atoms with Gasteiger partial charge < -0.3 is 9.84 Å².